The van der Waals surface area contributed by atoms with Gasteiger partial charge in [-0.2, -0.15) is 0 Å². The van der Waals surface area contributed by atoms with Crippen LogP contribution in [0.15, 0.2) is 91.0 Å². The molecule has 2 heterocycles. The molecule has 9 heteroatoms. The fourth-order valence-corrected chi connectivity index (χ4v) is 6.44. The fraction of sp³-hybridized carbons (Fsp3) is 0.405. The number of aliphatic hydroxyl groups is 1. The molecule has 2 amide bonds. The molecular weight excluding hydrogens is 580 g/mol. The molecule has 2 unspecified atom stereocenters. The number of nitro benzene ring substituents is 1. The van der Waals surface area contributed by atoms with E-state index in [9.17, 15) is 24.8 Å². The van der Waals surface area contributed by atoms with Crippen LogP contribution in [0.5, 0.6) is 0 Å². The van der Waals surface area contributed by atoms with E-state index in [4.69, 9.17) is 0 Å². The molecule has 2 N–H and O–H groups in total. The van der Waals surface area contributed by atoms with Crippen LogP contribution < -0.4 is 10.3 Å². The van der Waals surface area contributed by atoms with Gasteiger partial charge in [0.2, 0.25) is 5.91 Å². The Bertz CT molecular complexity index is 1490. The Morgan fingerprint density at radius 1 is 0.804 bits per heavy atom. The van der Waals surface area contributed by atoms with Gasteiger partial charge in [0.25, 0.3) is 11.6 Å². The van der Waals surface area contributed by atoms with E-state index < -0.39 is 29.0 Å². The third-order valence-corrected chi connectivity index (χ3v) is 8.99. The molecule has 0 spiro atoms. The summed E-state index contributed by atoms with van der Waals surface area (Å²) in [6.07, 6.45) is 13.3. The lowest BCUT2D eigenvalue weighted by Gasteiger charge is -2.40. The minimum atomic E-state index is -0.894. The highest BCUT2D eigenvalue weighted by molar-refractivity contribution is 6.24. The molecule has 46 heavy (non-hydrogen) atoms. The molecule has 2 aliphatic heterocycles. The molecule has 1 saturated heterocycles. The maximum atomic E-state index is 14.1. The van der Waals surface area contributed by atoms with E-state index in [0.717, 1.165) is 31.2 Å². The SMILES string of the molecule is CCCCCCCCCC[C@H](O)C1C=CC2C(=O)N(c3ccc(Cc4ccccc4)cc3)C(=O)[C@H]2N1Nc1ccc([N+](=O)[O-])cc1. The van der Waals surface area contributed by atoms with Crippen molar-refractivity contribution in [2.75, 3.05) is 10.3 Å². The highest BCUT2D eigenvalue weighted by Gasteiger charge is 2.54. The number of nitrogens with one attached hydrogen (secondary N) is 1. The molecule has 0 aliphatic carbocycles. The van der Waals surface area contributed by atoms with Gasteiger partial charge < -0.3 is 10.5 Å². The number of rotatable bonds is 16. The Balaban J connectivity index is 1.32. The normalized spacial score (nSPS) is 20.1. The number of unbranched alkanes of at least 4 members (excludes halogenated alkanes) is 7. The first-order valence-corrected chi connectivity index (χ1v) is 16.5. The van der Waals surface area contributed by atoms with Crippen molar-refractivity contribution in [2.45, 2.75) is 89.3 Å². The Kier molecular flexibility index (Phi) is 11.3. The molecule has 1 fully saturated rings. The molecule has 4 atom stereocenters. The van der Waals surface area contributed by atoms with Crippen molar-refractivity contribution in [2.24, 2.45) is 5.92 Å². The summed E-state index contributed by atoms with van der Waals surface area (Å²) in [5.41, 5.74) is 6.44. The Hall–Kier alpha value is -4.34. The van der Waals surface area contributed by atoms with Crippen LogP contribution in [0.1, 0.15) is 75.8 Å². The quantitative estimate of drug-likeness (QED) is 0.0569. The van der Waals surface area contributed by atoms with Crippen LogP contribution >= 0.6 is 0 Å². The Morgan fingerprint density at radius 3 is 2.09 bits per heavy atom. The highest BCUT2D eigenvalue weighted by atomic mass is 16.6. The van der Waals surface area contributed by atoms with Gasteiger partial charge in [-0.25, -0.2) is 9.91 Å². The van der Waals surface area contributed by atoms with E-state index in [1.807, 2.05) is 36.4 Å². The number of carbonyl (C=O) groups excluding carboxylic acids is 2. The lowest BCUT2D eigenvalue weighted by Crippen LogP contribution is -2.57. The van der Waals surface area contributed by atoms with Crippen LogP contribution in [0.4, 0.5) is 17.1 Å². The number of hydrogen-bond acceptors (Lipinski definition) is 7. The summed E-state index contributed by atoms with van der Waals surface area (Å²) in [7, 11) is 0. The second-order valence-electron chi connectivity index (χ2n) is 12.3. The molecule has 9 nitrogen and oxygen atoms in total. The van der Waals surface area contributed by atoms with Crippen LogP contribution in [-0.2, 0) is 16.0 Å². The molecule has 3 aromatic rings. The van der Waals surface area contributed by atoms with Gasteiger partial charge in [0.15, 0.2) is 0 Å². The van der Waals surface area contributed by atoms with E-state index in [1.54, 1.807) is 35.4 Å². The van der Waals surface area contributed by atoms with E-state index in [-0.39, 0.29) is 17.5 Å². The van der Waals surface area contributed by atoms with E-state index >= 15 is 0 Å². The summed E-state index contributed by atoms with van der Waals surface area (Å²) in [6.45, 7) is 2.21. The zero-order chi connectivity index (χ0) is 32.5. The van der Waals surface area contributed by atoms with Crippen molar-refractivity contribution >= 4 is 28.9 Å². The second kappa shape index (κ2) is 15.8. The lowest BCUT2D eigenvalue weighted by atomic mass is 9.91. The van der Waals surface area contributed by atoms with E-state index in [1.165, 1.54) is 54.7 Å². The first-order chi connectivity index (χ1) is 22.4. The maximum absolute atomic E-state index is 14.1. The van der Waals surface area contributed by atoms with Gasteiger partial charge in [-0.15, -0.1) is 0 Å². The second-order valence-corrected chi connectivity index (χ2v) is 12.3. The number of aliphatic hydroxyl groups excluding tert-OH is 1. The average molecular weight is 625 g/mol. The molecular formula is C37H44N4O5. The molecule has 242 valence electrons. The Morgan fingerprint density at radius 2 is 1.43 bits per heavy atom. The van der Waals surface area contributed by atoms with Crippen LogP contribution in [0.2, 0.25) is 0 Å². The molecule has 5 rings (SSSR count). The van der Waals surface area contributed by atoms with Gasteiger partial charge in [0, 0.05) is 17.8 Å². The maximum Gasteiger partial charge on any atom is 0.269 e. The van der Waals surface area contributed by atoms with Gasteiger partial charge in [0.05, 0.1) is 28.7 Å². The fourth-order valence-electron chi connectivity index (χ4n) is 6.44. The molecule has 2 aliphatic rings. The Labute approximate surface area is 271 Å². The van der Waals surface area contributed by atoms with Crippen molar-refractivity contribution in [3.63, 3.8) is 0 Å². The number of carbonyl (C=O) groups is 2. The zero-order valence-electron chi connectivity index (χ0n) is 26.5. The summed E-state index contributed by atoms with van der Waals surface area (Å²) in [5.74, 6) is -1.45. The van der Waals surface area contributed by atoms with Gasteiger partial charge in [0.1, 0.15) is 6.04 Å². The number of anilines is 2. The first-order valence-electron chi connectivity index (χ1n) is 16.5. The van der Waals surface area contributed by atoms with Crippen molar-refractivity contribution in [3.8, 4) is 0 Å². The number of imide groups is 1. The minimum Gasteiger partial charge on any atom is -0.391 e. The summed E-state index contributed by atoms with van der Waals surface area (Å²) in [5, 5.41) is 24.3. The van der Waals surface area contributed by atoms with Crippen LogP contribution in [-0.4, -0.2) is 45.0 Å². The number of nitro groups is 1. The minimum absolute atomic E-state index is 0.0535. The molecule has 0 saturated carbocycles. The topological polar surface area (TPSA) is 116 Å². The monoisotopic (exact) mass is 624 g/mol. The lowest BCUT2D eigenvalue weighted by molar-refractivity contribution is -0.384. The number of hydrazine groups is 1. The van der Waals surface area contributed by atoms with Gasteiger partial charge in [-0.3, -0.25) is 19.7 Å². The number of amides is 2. The summed E-state index contributed by atoms with van der Waals surface area (Å²) >= 11 is 0. The molecule has 0 radical (unpaired) electrons. The standard InChI is InChI=1S/C37H44N4O5/c1-2-3-4-5-6-7-8-12-15-34(42)33-25-24-32-35(40(33)38-29-18-22-31(23-19-29)41(45)46)37(44)39(36(32)43)30-20-16-28(17-21-30)26-27-13-10-9-11-14-27/h9-11,13-14,16-25,32-35,38,42H,2-8,12,15,26H2,1H3/t32?,33?,34-,35-/m0/s1. The van der Waals surface area contributed by atoms with E-state index in [0.29, 0.717) is 17.8 Å². The van der Waals surface area contributed by atoms with Crippen LogP contribution in [0.3, 0.4) is 0 Å². The van der Waals surface area contributed by atoms with Crippen LogP contribution in [0.25, 0.3) is 0 Å². The van der Waals surface area contributed by atoms with Gasteiger partial charge in [-0.1, -0.05) is 113 Å². The van der Waals surface area contributed by atoms with Crippen LogP contribution in [0, 0.1) is 16.0 Å². The smallest absolute Gasteiger partial charge is 0.269 e. The zero-order valence-corrected chi connectivity index (χ0v) is 26.5. The number of non-ortho nitro benzene ring substituents is 1. The average Bonchev–Trinajstić information content (AvgIpc) is 3.32. The third kappa shape index (κ3) is 7.89. The largest absolute Gasteiger partial charge is 0.391 e. The summed E-state index contributed by atoms with van der Waals surface area (Å²) in [6, 6.07) is 22.0. The van der Waals surface area contributed by atoms with Gasteiger partial charge in [-0.05, 0) is 48.2 Å². The molecule has 0 aromatic heterocycles. The molecule has 3 aromatic carbocycles. The highest BCUT2D eigenvalue weighted by Crippen LogP contribution is 2.36. The van der Waals surface area contributed by atoms with E-state index in [2.05, 4.69) is 24.5 Å². The first kappa shape index (κ1) is 33.0. The van der Waals surface area contributed by atoms with Crippen molar-refractivity contribution < 1.29 is 19.6 Å². The predicted molar refractivity (Wildman–Crippen MR) is 180 cm³/mol. The third-order valence-electron chi connectivity index (χ3n) is 8.99. The number of fused-ring (bicyclic) bond motifs is 1. The van der Waals surface area contributed by atoms with Crippen molar-refractivity contribution in [1.82, 2.24) is 5.01 Å². The van der Waals surface area contributed by atoms with Gasteiger partial charge >= 0.3 is 0 Å². The van der Waals surface area contributed by atoms with Crippen molar-refractivity contribution in [1.29, 1.82) is 0 Å². The number of benzene rings is 3. The van der Waals surface area contributed by atoms with Crippen molar-refractivity contribution in [3.05, 3.63) is 112 Å². The number of hydrogen-bond donors (Lipinski definition) is 2. The predicted octanol–water partition coefficient (Wildman–Crippen LogP) is 7.20. The summed E-state index contributed by atoms with van der Waals surface area (Å²) in [4.78, 5) is 39.8. The summed E-state index contributed by atoms with van der Waals surface area (Å²) < 4.78 is 0. The molecule has 0 bridgehead atoms. The number of nitrogens with zero attached hydrogens (tertiary/aromatic N) is 3.